The minimum Gasteiger partial charge on any atom is -0.366 e. The fraction of sp³-hybridized carbons (Fsp3) is 0. The fourth-order valence-electron chi connectivity index (χ4n) is 1.16. The highest BCUT2D eigenvalue weighted by atomic mass is 32.1. The second-order valence-corrected chi connectivity index (χ2v) is 3.49. The van der Waals surface area contributed by atoms with Gasteiger partial charge < -0.3 is 10.3 Å². The van der Waals surface area contributed by atoms with Crippen LogP contribution in [0.3, 0.4) is 0 Å². The Morgan fingerprint density at radius 3 is 2.69 bits per heavy atom. The van der Waals surface area contributed by atoms with Gasteiger partial charge in [0, 0.05) is 12.4 Å². The molecule has 2 N–H and O–H groups in total. The minimum absolute atomic E-state index is 0.384. The van der Waals surface area contributed by atoms with Crippen molar-refractivity contribution >= 4 is 17.2 Å². The van der Waals surface area contributed by atoms with Crippen LogP contribution in [-0.4, -0.2) is 10.5 Å². The first-order valence-corrected chi connectivity index (χ1v) is 4.67. The summed E-state index contributed by atoms with van der Waals surface area (Å²) in [6, 6.07) is 5.55. The number of carbonyl (C=O) groups excluding carboxylic acids is 1. The Morgan fingerprint density at radius 1 is 1.38 bits per heavy atom. The van der Waals surface area contributed by atoms with E-state index in [0.717, 1.165) is 5.00 Å². The number of nitrogens with zero attached hydrogens (tertiary/aromatic N) is 1. The molecular formula is C9H8N2OS. The van der Waals surface area contributed by atoms with Gasteiger partial charge in [0.2, 0.25) is 0 Å². The lowest BCUT2D eigenvalue weighted by Crippen LogP contribution is -2.12. The molecule has 0 unspecified atom stereocenters. The normalized spacial score (nSPS) is 10.2. The van der Waals surface area contributed by atoms with E-state index in [1.807, 2.05) is 34.5 Å². The maximum Gasteiger partial charge on any atom is 0.251 e. The maximum absolute atomic E-state index is 11.0. The maximum atomic E-state index is 11.0. The predicted molar refractivity (Wildman–Crippen MR) is 52.2 cm³/mol. The number of carbonyl (C=O) groups is 1. The van der Waals surface area contributed by atoms with Gasteiger partial charge in [0.15, 0.2) is 0 Å². The molecule has 0 atom stereocenters. The van der Waals surface area contributed by atoms with Crippen LogP contribution in [-0.2, 0) is 0 Å². The second kappa shape index (κ2) is 3.06. The number of aromatic nitrogens is 1. The Hall–Kier alpha value is -1.55. The number of rotatable bonds is 2. The van der Waals surface area contributed by atoms with E-state index in [1.165, 1.54) is 11.3 Å². The molecule has 66 valence electrons. The first-order chi connectivity index (χ1) is 6.29. The van der Waals surface area contributed by atoms with E-state index in [2.05, 4.69) is 0 Å². The summed E-state index contributed by atoms with van der Waals surface area (Å²) in [5.74, 6) is -0.384. The van der Waals surface area contributed by atoms with Crippen molar-refractivity contribution in [2.45, 2.75) is 0 Å². The van der Waals surface area contributed by atoms with Gasteiger partial charge in [-0.2, -0.15) is 0 Å². The van der Waals surface area contributed by atoms with E-state index >= 15 is 0 Å². The third kappa shape index (κ3) is 1.36. The monoisotopic (exact) mass is 192 g/mol. The molecule has 2 aromatic heterocycles. The van der Waals surface area contributed by atoms with Crippen LogP contribution >= 0.6 is 11.3 Å². The molecule has 0 saturated carbocycles. The van der Waals surface area contributed by atoms with Crippen LogP contribution in [0.2, 0.25) is 0 Å². The number of nitrogens with two attached hydrogens (primary N) is 1. The van der Waals surface area contributed by atoms with Crippen LogP contribution in [0.5, 0.6) is 0 Å². The first kappa shape index (κ1) is 8.07. The van der Waals surface area contributed by atoms with Crippen molar-refractivity contribution in [3.63, 3.8) is 0 Å². The quantitative estimate of drug-likeness (QED) is 0.772. The lowest BCUT2D eigenvalue weighted by atomic mass is 10.3. The van der Waals surface area contributed by atoms with Gasteiger partial charge >= 0.3 is 0 Å². The van der Waals surface area contributed by atoms with Gasteiger partial charge in [-0.15, -0.1) is 11.3 Å². The highest BCUT2D eigenvalue weighted by Crippen LogP contribution is 2.21. The van der Waals surface area contributed by atoms with Crippen molar-refractivity contribution in [3.8, 4) is 5.00 Å². The molecule has 0 fully saturated rings. The molecule has 0 aliphatic carbocycles. The molecule has 0 saturated heterocycles. The highest BCUT2D eigenvalue weighted by molar-refractivity contribution is 7.13. The van der Waals surface area contributed by atoms with Crippen molar-refractivity contribution in [1.82, 2.24) is 4.57 Å². The lowest BCUT2D eigenvalue weighted by molar-refractivity contribution is 0.100. The number of thiophene rings is 1. The molecule has 1 amide bonds. The van der Waals surface area contributed by atoms with Gasteiger partial charge in [-0.05, 0) is 23.6 Å². The zero-order valence-electron chi connectivity index (χ0n) is 6.81. The predicted octanol–water partition coefficient (Wildman–Crippen LogP) is 1.64. The second-order valence-electron chi connectivity index (χ2n) is 2.59. The van der Waals surface area contributed by atoms with Gasteiger partial charge in [-0.1, -0.05) is 0 Å². The van der Waals surface area contributed by atoms with Crippen molar-refractivity contribution in [3.05, 3.63) is 41.5 Å². The third-order valence-corrected chi connectivity index (χ3v) is 2.68. The summed E-state index contributed by atoms with van der Waals surface area (Å²) in [6.45, 7) is 0. The molecule has 0 aliphatic heterocycles. The van der Waals surface area contributed by atoms with E-state index in [4.69, 9.17) is 5.73 Å². The molecule has 0 aliphatic rings. The molecule has 2 aromatic rings. The molecule has 0 radical (unpaired) electrons. The van der Waals surface area contributed by atoms with Gasteiger partial charge in [0.25, 0.3) is 5.91 Å². The average molecular weight is 192 g/mol. The van der Waals surface area contributed by atoms with Crippen LogP contribution in [0.4, 0.5) is 0 Å². The fourth-order valence-corrected chi connectivity index (χ4v) is 2.03. The molecule has 0 spiro atoms. The van der Waals surface area contributed by atoms with E-state index in [1.54, 1.807) is 6.07 Å². The zero-order chi connectivity index (χ0) is 9.26. The minimum atomic E-state index is -0.384. The van der Waals surface area contributed by atoms with E-state index in [0.29, 0.717) is 5.56 Å². The van der Waals surface area contributed by atoms with Crippen molar-refractivity contribution in [1.29, 1.82) is 0 Å². The number of amides is 1. The summed E-state index contributed by atoms with van der Waals surface area (Å²) < 4.78 is 1.88. The topological polar surface area (TPSA) is 48.0 Å². The van der Waals surface area contributed by atoms with E-state index in [9.17, 15) is 4.79 Å². The first-order valence-electron chi connectivity index (χ1n) is 3.79. The summed E-state index contributed by atoms with van der Waals surface area (Å²) in [6.07, 6.45) is 3.77. The number of hydrogen-bond donors (Lipinski definition) is 1. The Bertz CT molecular complexity index is 417. The van der Waals surface area contributed by atoms with Crippen molar-refractivity contribution in [2.24, 2.45) is 5.73 Å². The molecule has 13 heavy (non-hydrogen) atoms. The van der Waals surface area contributed by atoms with Crippen LogP contribution < -0.4 is 5.73 Å². The van der Waals surface area contributed by atoms with Crippen LogP contribution in [0.15, 0.2) is 36.0 Å². The Labute approximate surface area is 79.4 Å². The van der Waals surface area contributed by atoms with Gasteiger partial charge in [0.1, 0.15) is 5.00 Å². The third-order valence-electron chi connectivity index (χ3n) is 1.75. The largest absolute Gasteiger partial charge is 0.366 e. The van der Waals surface area contributed by atoms with Crippen molar-refractivity contribution in [2.75, 3.05) is 0 Å². The summed E-state index contributed by atoms with van der Waals surface area (Å²) in [5, 5.41) is 2.73. The Morgan fingerprint density at radius 2 is 2.08 bits per heavy atom. The van der Waals surface area contributed by atoms with Gasteiger partial charge in [0.05, 0.1) is 5.56 Å². The standard InChI is InChI=1S/C9H8N2OS/c10-8(12)7-3-6-13-9(7)11-4-1-2-5-11/h1-6H,(H2,10,12). The molecule has 0 aromatic carbocycles. The SMILES string of the molecule is NC(=O)c1ccsc1-n1cccc1. The van der Waals surface area contributed by atoms with Crippen LogP contribution in [0.1, 0.15) is 10.4 Å². The summed E-state index contributed by atoms with van der Waals surface area (Å²) >= 11 is 1.50. The highest BCUT2D eigenvalue weighted by Gasteiger charge is 2.09. The summed E-state index contributed by atoms with van der Waals surface area (Å²) in [7, 11) is 0. The summed E-state index contributed by atoms with van der Waals surface area (Å²) in [5.41, 5.74) is 5.79. The van der Waals surface area contributed by atoms with Crippen LogP contribution in [0, 0.1) is 0 Å². The smallest absolute Gasteiger partial charge is 0.251 e. The number of hydrogen-bond acceptors (Lipinski definition) is 2. The Balaban J connectivity index is 2.52. The average Bonchev–Trinajstić information content (AvgIpc) is 2.74. The Kier molecular flexibility index (Phi) is 1.90. The molecule has 4 heteroatoms. The number of primary amides is 1. The van der Waals surface area contributed by atoms with Crippen molar-refractivity contribution < 1.29 is 4.79 Å². The van der Waals surface area contributed by atoms with E-state index in [-0.39, 0.29) is 5.91 Å². The molecular weight excluding hydrogens is 184 g/mol. The molecule has 0 bridgehead atoms. The lowest BCUT2D eigenvalue weighted by Gasteiger charge is -2.00. The molecule has 3 nitrogen and oxygen atoms in total. The van der Waals surface area contributed by atoms with Gasteiger partial charge in [-0.25, -0.2) is 0 Å². The zero-order valence-corrected chi connectivity index (χ0v) is 7.62. The van der Waals surface area contributed by atoms with E-state index < -0.39 is 0 Å². The van der Waals surface area contributed by atoms with Crippen LogP contribution in [0.25, 0.3) is 5.00 Å². The summed E-state index contributed by atoms with van der Waals surface area (Å²) in [4.78, 5) is 11.0. The molecule has 2 heterocycles. The molecule has 2 rings (SSSR count). The van der Waals surface area contributed by atoms with Gasteiger partial charge in [-0.3, -0.25) is 4.79 Å².